The molecule has 1 saturated heterocycles. The van der Waals surface area contributed by atoms with Gasteiger partial charge in [0.25, 0.3) is 0 Å². The average Bonchev–Trinajstić information content (AvgIpc) is 2.81. The van der Waals surface area contributed by atoms with Crippen LogP contribution in [0.5, 0.6) is 0 Å². The van der Waals surface area contributed by atoms with Crippen molar-refractivity contribution in [2.75, 3.05) is 18.0 Å². The number of nitrogens with zero attached hydrogens (tertiary/aromatic N) is 3. The number of hydrogen-bond donors (Lipinski definition) is 1. The molecule has 3 rings (SSSR count). The molecule has 0 bridgehead atoms. The Labute approximate surface area is 153 Å². The topological polar surface area (TPSA) is 67.2 Å². The predicted octanol–water partition coefficient (Wildman–Crippen LogP) is 2.64. The van der Waals surface area contributed by atoms with Crippen molar-refractivity contribution in [2.45, 2.75) is 37.6 Å². The number of rotatable bonds is 4. The molecule has 0 unspecified atom stereocenters. The monoisotopic (exact) mass is 382 g/mol. The minimum atomic E-state index is -3.67. The highest BCUT2D eigenvalue weighted by atomic mass is 35.5. The summed E-state index contributed by atoms with van der Waals surface area (Å²) < 4.78 is 29.6. The van der Waals surface area contributed by atoms with Gasteiger partial charge in [-0.3, -0.25) is 4.68 Å². The zero-order valence-electron chi connectivity index (χ0n) is 14.7. The number of halogens is 1. The highest BCUT2D eigenvalue weighted by Gasteiger charge is 2.29. The second-order valence-electron chi connectivity index (χ2n) is 6.55. The summed E-state index contributed by atoms with van der Waals surface area (Å²) in [5, 5.41) is 4.23. The molecule has 6 nitrogen and oxygen atoms in total. The Balaban J connectivity index is 1.67. The molecular formula is C17H23ClN4O2S. The summed E-state index contributed by atoms with van der Waals surface area (Å²) in [5.74, 6) is 0. The van der Waals surface area contributed by atoms with E-state index in [1.807, 2.05) is 6.07 Å². The second kappa shape index (κ2) is 6.97. The highest BCUT2D eigenvalue weighted by molar-refractivity contribution is 7.89. The summed E-state index contributed by atoms with van der Waals surface area (Å²) >= 11 is 6.11. The number of piperidine rings is 1. The van der Waals surface area contributed by atoms with Crippen molar-refractivity contribution in [3.05, 3.63) is 40.7 Å². The first kappa shape index (κ1) is 18.2. The lowest BCUT2D eigenvalue weighted by atomic mass is 10.1. The molecular weight excluding hydrogens is 360 g/mol. The smallest absolute Gasteiger partial charge is 0.245 e. The summed E-state index contributed by atoms with van der Waals surface area (Å²) in [6.45, 7) is 5.36. The minimum Gasteiger partial charge on any atom is -0.371 e. The average molecular weight is 383 g/mol. The number of benzene rings is 1. The van der Waals surface area contributed by atoms with Crippen molar-refractivity contribution in [2.24, 2.45) is 7.05 Å². The third-order valence-electron chi connectivity index (χ3n) is 4.55. The Morgan fingerprint density at radius 2 is 1.92 bits per heavy atom. The third-order valence-corrected chi connectivity index (χ3v) is 6.77. The molecule has 25 heavy (non-hydrogen) atoms. The standard InChI is InChI=1S/C17H23ClN4O2S/c1-12-5-4-6-15(11-12)22-9-7-14(8-10-22)20-25(23,24)16-13(2)19-21(3)17(16)18/h4-6,11,14,20H,7-10H2,1-3H3. The van der Waals surface area contributed by atoms with Gasteiger partial charge in [-0.15, -0.1) is 0 Å². The number of sulfonamides is 1. The van der Waals surface area contributed by atoms with Crippen molar-refractivity contribution in [3.63, 3.8) is 0 Å². The Morgan fingerprint density at radius 1 is 1.24 bits per heavy atom. The van der Waals surface area contributed by atoms with E-state index in [1.54, 1.807) is 14.0 Å². The van der Waals surface area contributed by atoms with Crippen molar-refractivity contribution in [1.82, 2.24) is 14.5 Å². The summed E-state index contributed by atoms with van der Waals surface area (Å²) in [4.78, 5) is 2.37. The molecule has 1 aliphatic rings. The van der Waals surface area contributed by atoms with Gasteiger partial charge in [-0.05, 0) is 44.4 Å². The molecule has 1 aliphatic heterocycles. The number of aromatic nitrogens is 2. The maximum atomic E-state index is 12.7. The fourth-order valence-corrected chi connectivity index (χ4v) is 5.33. The van der Waals surface area contributed by atoms with Crippen LogP contribution in [0.25, 0.3) is 0 Å². The summed E-state index contributed by atoms with van der Waals surface area (Å²) in [7, 11) is -2.04. The molecule has 2 heterocycles. The van der Waals surface area contributed by atoms with Crippen molar-refractivity contribution in [3.8, 4) is 0 Å². The lowest BCUT2D eigenvalue weighted by Crippen LogP contribution is -2.44. The summed E-state index contributed by atoms with van der Waals surface area (Å²) in [6, 6.07) is 8.28. The van der Waals surface area contributed by atoms with Gasteiger partial charge in [0.15, 0.2) is 0 Å². The molecule has 1 fully saturated rings. The SMILES string of the molecule is Cc1cccc(N2CCC(NS(=O)(=O)c3c(C)nn(C)c3Cl)CC2)c1. The van der Waals surface area contributed by atoms with Gasteiger partial charge in [-0.25, -0.2) is 13.1 Å². The van der Waals surface area contributed by atoms with Gasteiger partial charge >= 0.3 is 0 Å². The van der Waals surface area contributed by atoms with E-state index in [4.69, 9.17) is 11.6 Å². The second-order valence-corrected chi connectivity index (χ2v) is 8.56. The van der Waals surface area contributed by atoms with Crippen LogP contribution in [0.4, 0.5) is 5.69 Å². The Bertz CT molecular complexity index is 871. The van der Waals surface area contributed by atoms with E-state index < -0.39 is 10.0 Å². The van der Waals surface area contributed by atoms with Crippen LogP contribution in [0.15, 0.2) is 29.2 Å². The summed E-state index contributed by atoms with van der Waals surface area (Å²) in [6.07, 6.45) is 1.51. The number of hydrogen-bond acceptors (Lipinski definition) is 4. The van der Waals surface area contributed by atoms with E-state index >= 15 is 0 Å². The van der Waals surface area contributed by atoms with Crippen molar-refractivity contribution < 1.29 is 8.42 Å². The Hall–Kier alpha value is -1.57. The van der Waals surface area contributed by atoms with E-state index in [1.165, 1.54) is 15.9 Å². The Kier molecular flexibility index (Phi) is 5.09. The first-order chi connectivity index (χ1) is 11.8. The quantitative estimate of drug-likeness (QED) is 0.882. The van der Waals surface area contributed by atoms with Crippen LogP contribution in [-0.4, -0.2) is 37.3 Å². The van der Waals surface area contributed by atoms with Gasteiger partial charge in [0.2, 0.25) is 10.0 Å². The van der Waals surface area contributed by atoms with Gasteiger partial charge in [-0.1, -0.05) is 23.7 Å². The number of nitrogens with one attached hydrogen (secondary N) is 1. The fraction of sp³-hybridized carbons (Fsp3) is 0.471. The van der Waals surface area contributed by atoms with Crippen LogP contribution in [0, 0.1) is 13.8 Å². The fourth-order valence-electron chi connectivity index (χ4n) is 3.27. The van der Waals surface area contributed by atoms with E-state index in [-0.39, 0.29) is 16.1 Å². The molecule has 0 saturated carbocycles. The molecule has 1 N–H and O–H groups in total. The van der Waals surface area contributed by atoms with Gasteiger partial charge in [0.05, 0.1) is 5.69 Å². The molecule has 0 radical (unpaired) electrons. The predicted molar refractivity (Wildman–Crippen MR) is 99.7 cm³/mol. The van der Waals surface area contributed by atoms with Gasteiger partial charge < -0.3 is 4.90 Å². The molecule has 2 aromatic rings. The van der Waals surface area contributed by atoms with Gasteiger partial charge in [0, 0.05) is 31.9 Å². The molecule has 1 aromatic carbocycles. The molecule has 1 aromatic heterocycles. The van der Waals surface area contributed by atoms with E-state index in [9.17, 15) is 8.42 Å². The summed E-state index contributed by atoms with van der Waals surface area (Å²) in [5.41, 5.74) is 2.83. The third kappa shape index (κ3) is 3.83. The van der Waals surface area contributed by atoms with Crippen LogP contribution in [0.2, 0.25) is 5.15 Å². The van der Waals surface area contributed by atoms with Crippen LogP contribution < -0.4 is 9.62 Å². The molecule has 136 valence electrons. The van der Waals surface area contributed by atoms with E-state index in [2.05, 4.69) is 39.8 Å². The minimum absolute atomic E-state index is 0.0813. The zero-order valence-corrected chi connectivity index (χ0v) is 16.2. The zero-order chi connectivity index (χ0) is 18.2. The highest BCUT2D eigenvalue weighted by Crippen LogP contribution is 2.26. The maximum absolute atomic E-state index is 12.7. The van der Waals surface area contributed by atoms with E-state index in [0.29, 0.717) is 5.69 Å². The van der Waals surface area contributed by atoms with Crippen molar-refractivity contribution >= 4 is 27.3 Å². The first-order valence-electron chi connectivity index (χ1n) is 8.31. The number of aryl methyl sites for hydroxylation is 3. The Morgan fingerprint density at radius 3 is 2.48 bits per heavy atom. The first-order valence-corrected chi connectivity index (χ1v) is 10.2. The van der Waals surface area contributed by atoms with Crippen LogP contribution in [0.1, 0.15) is 24.1 Å². The van der Waals surface area contributed by atoms with Crippen LogP contribution >= 0.6 is 11.6 Å². The molecule has 0 atom stereocenters. The molecule has 0 aliphatic carbocycles. The number of anilines is 1. The van der Waals surface area contributed by atoms with Gasteiger partial charge in [-0.2, -0.15) is 5.10 Å². The van der Waals surface area contributed by atoms with Crippen molar-refractivity contribution in [1.29, 1.82) is 0 Å². The van der Waals surface area contributed by atoms with Crippen LogP contribution in [-0.2, 0) is 17.1 Å². The van der Waals surface area contributed by atoms with Gasteiger partial charge in [0.1, 0.15) is 10.0 Å². The molecule has 0 spiro atoms. The normalized spacial score (nSPS) is 16.4. The lowest BCUT2D eigenvalue weighted by Gasteiger charge is -2.34. The maximum Gasteiger partial charge on any atom is 0.245 e. The van der Waals surface area contributed by atoms with Crippen LogP contribution in [0.3, 0.4) is 0 Å². The van der Waals surface area contributed by atoms with E-state index in [0.717, 1.165) is 25.9 Å². The molecule has 0 amide bonds. The molecule has 8 heteroatoms. The largest absolute Gasteiger partial charge is 0.371 e. The lowest BCUT2D eigenvalue weighted by molar-refractivity contribution is 0.460.